The van der Waals surface area contributed by atoms with E-state index in [9.17, 15) is 9.90 Å². The van der Waals surface area contributed by atoms with Crippen LogP contribution in [0.4, 0.5) is 0 Å². The number of nitrogens with one attached hydrogen (secondary N) is 1. The average molecular weight is 243 g/mol. The molecule has 5 nitrogen and oxygen atoms in total. The summed E-state index contributed by atoms with van der Waals surface area (Å²) >= 11 is 0. The number of esters is 1. The zero-order chi connectivity index (χ0) is 12.6. The Bertz CT molecular complexity index is 259. The van der Waals surface area contributed by atoms with Crippen LogP contribution < -0.4 is 5.32 Å². The minimum absolute atomic E-state index is 0.334. The first kappa shape index (κ1) is 14.2. The number of carbonyl (C=O) groups excluding carboxylic acids is 1. The number of hydrogen-bond acceptors (Lipinski definition) is 5. The molecular formula is C12H21NO4. The highest BCUT2D eigenvalue weighted by atomic mass is 16.5. The minimum Gasteiger partial charge on any atom is -0.463 e. The summed E-state index contributed by atoms with van der Waals surface area (Å²) in [7, 11) is 0. The van der Waals surface area contributed by atoms with Gasteiger partial charge in [-0.2, -0.15) is 0 Å². The van der Waals surface area contributed by atoms with Gasteiger partial charge in [0.05, 0.1) is 12.2 Å². The molecule has 0 aliphatic carbocycles. The largest absolute Gasteiger partial charge is 0.463 e. The van der Waals surface area contributed by atoms with E-state index >= 15 is 0 Å². The van der Waals surface area contributed by atoms with E-state index < -0.39 is 5.60 Å². The van der Waals surface area contributed by atoms with Crippen LogP contribution in [0.1, 0.15) is 19.8 Å². The summed E-state index contributed by atoms with van der Waals surface area (Å²) < 4.78 is 9.93. The van der Waals surface area contributed by atoms with Crippen LogP contribution in [-0.4, -0.2) is 49.6 Å². The van der Waals surface area contributed by atoms with E-state index in [0.717, 1.165) is 0 Å². The standard InChI is InChI=1S/C12H21NO4/c1-2-17-11(14)4-3-7-13-10-12(15)5-8-16-9-6-12/h3-4,13,15H,2,5-10H2,1H3/b4-3+. The number of carbonyl (C=O) groups is 1. The zero-order valence-electron chi connectivity index (χ0n) is 10.3. The van der Waals surface area contributed by atoms with Crippen LogP contribution >= 0.6 is 0 Å². The molecule has 0 aromatic carbocycles. The molecule has 0 aromatic rings. The molecule has 2 N–H and O–H groups in total. The fraction of sp³-hybridized carbons (Fsp3) is 0.750. The van der Waals surface area contributed by atoms with Gasteiger partial charge in [0.2, 0.25) is 0 Å². The molecule has 1 rings (SSSR count). The van der Waals surface area contributed by atoms with Gasteiger partial charge in [-0.25, -0.2) is 4.79 Å². The SMILES string of the molecule is CCOC(=O)/C=C/CNCC1(O)CCOCC1. The highest BCUT2D eigenvalue weighted by Crippen LogP contribution is 2.18. The summed E-state index contributed by atoms with van der Waals surface area (Å²) in [5.41, 5.74) is -0.671. The third kappa shape index (κ3) is 5.81. The third-order valence-corrected chi connectivity index (χ3v) is 2.68. The van der Waals surface area contributed by atoms with Crippen molar-refractivity contribution in [1.29, 1.82) is 0 Å². The molecule has 0 saturated carbocycles. The quantitative estimate of drug-likeness (QED) is 0.397. The van der Waals surface area contributed by atoms with Gasteiger partial charge in [-0.3, -0.25) is 0 Å². The van der Waals surface area contributed by atoms with Crippen LogP contribution in [0.5, 0.6) is 0 Å². The number of rotatable bonds is 6. The number of ether oxygens (including phenoxy) is 2. The molecular weight excluding hydrogens is 222 g/mol. The number of hydrogen-bond donors (Lipinski definition) is 2. The highest BCUT2D eigenvalue weighted by Gasteiger charge is 2.28. The van der Waals surface area contributed by atoms with E-state index in [2.05, 4.69) is 5.32 Å². The molecule has 1 heterocycles. The van der Waals surface area contributed by atoms with Crippen molar-refractivity contribution in [3.63, 3.8) is 0 Å². The first-order valence-electron chi connectivity index (χ1n) is 6.00. The number of aliphatic hydroxyl groups is 1. The molecule has 0 spiro atoms. The molecule has 0 radical (unpaired) electrons. The molecule has 0 amide bonds. The summed E-state index contributed by atoms with van der Waals surface area (Å²) in [5.74, 6) is -0.334. The van der Waals surface area contributed by atoms with Crippen molar-refractivity contribution in [1.82, 2.24) is 5.32 Å². The normalized spacial score (nSPS) is 19.4. The van der Waals surface area contributed by atoms with Crippen molar-refractivity contribution < 1.29 is 19.4 Å². The lowest BCUT2D eigenvalue weighted by molar-refractivity contribution is -0.137. The van der Waals surface area contributed by atoms with E-state index in [-0.39, 0.29) is 5.97 Å². The van der Waals surface area contributed by atoms with E-state index in [1.807, 2.05) is 0 Å². The van der Waals surface area contributed by atoms with Gasteiger partial charge in [0.1, 0.15) is 0 Å². The average Bonchev–Trinajstić information content (AvgIpc) is 2.30. The van der Waals surface area contributed by atoms with Crippen molar-refractivity contribution >= 4 is 5.97 Å². The molecule has 1 saturated heterocycles. The first-order chi connectivity index (χ1) is 8.16. The second-order valence-electron chi connectivity index (χ2n) is 4.12. The molecule has 5 heteroatoms. The second-order valence-corrected chi connectivity index (χ2v) is 4.12. The summed E-state index contributed by atoms with van der Waals surface area (Å²) in [6, 6.07) is 0. The Hall–Kier alpha value is -0.910. The fourth-order valence-corrected chi connectivity index (χ4v) is 1.66. The summed E-state index contributed by atoms with van der Waals surface area (Å²) in [4.78, 5) is 11.0. The van der Waals surface area contributed by atoms with E-state index in [1.165, 1.54) is 6.08 Å². The Morgan fingerprint density at radius 3 is 2.88 bits per heavy atom. The summed E-state index contributed by atoms with van der Waals surface area (Å²) in [5, 5.41) is 13.2. The van der Waals surface area contributed by atoms with Gasteiger partial charge >= 0.3 is 5.97 Å². The van der Waals surface area contributed by atoms with Gasteiger partial charge in [-0.05, 0) is 6.92 Å². The predicted molar refractivity (Wildman–Crippen MR) is 63.6 cm³/mol. The lowest BCUT2D eigenvalue weighted by atomic mass is 9.94. The van der Waals surface area contributed by atoms with Crippen molar-refractivity contribution in [3.05, 3.63) is 12.2 Å². The molecule has 17 heavy (non-hydrogen) atoms. The summed E-state index contributed by atoms with van der Waals surface area (Å²) in [6.07, 6.45) is 4.40. The van der Waals surface area contributed by atoms with Gasteiger partial charge in [0, 0.05) is 45.2 Å². The Balaban J connectivity index is 2.12. The maximum atomic E-state index is 11.0. The molecule has 98 valence electrons. The van der Waals surface area contributed by atoms with Crippen LogP contribution in [0.15, 0.2) is 12.2 Å². The molecule has 0 atom stereocenters. The van der Waals surface area contributed by atoms with Crippen molar-refractivity contribution in [2.45, 2.75) is 25.4 Å². The Kier molecular flexibility index (Phi) is 6.18. The molecule has 1 fully saturated rings. The Morgan fingerprint density at radius 1 is 1.53 bits per heavy atom. The molecule has 1 aliphatic rings. The van der Waals surface area contributed by atoms with Gasteiger partial charge in [0.25, 0.3) is 0 Å². The first-order valence-corrected chi connectivity index (χ1v) is 6.00. The van der Waals surface area contributed by atoms with Crippen molar-refractivity contribution in [2.75, 3.05) is 32.9 Å². The molecule has 0 aromatic heterocycles. The Labute approximate surface area is 102 Å². The minimum atomic E-state index is -0.671. The van der Waals surface area contributed by atoms with Crippen molar-refractivity contribution in [2.24, 2.45) is 0 Å². The van der Waals surface area contributed by atoms with Crippen LogP contribution in [-0.2, 0) is 14.3 Å². The van der Waals surface area contributed by atoms with E-state index in [4.69, 9.17) is 9.47 Å². The van der Waals surface area contributed by atoms with Crippen molar-refractivity contribution in [3.8, 4) is 0 Å². The van der Waals surface area contributed by atoms with Crippen LogP contribution in [0.2, 0.25) is 0 Å². The molecule has 0 bridgehead atoms. The molecule has 1 aliphatic heterocycles. The zero-order valence-corrected chi connectivity index (χ0v) is 10.3. The van der Waals surface area contributed by atoms with E-state index in [1.54, 1.807) is 13.0 Å². The van der Waals surface area contributed by atoms with Gasteiger partial charge in [0.15, 0.2) is 0 Å². The maximum absolute atomic E-state index is 11.0. The Morgan fingerprint density at radius 2 is 2.24 bits per heavy atom. The fourth-order valence-electron chi connectivity index (χ4n) is 1.66. The highest BCUT2D eigenvalue weighted by molar-refractivity contribution is 5.81. The second kappa shape index (κ2) is 7.42. The van der Waals surface area contributed by atoms with Gasteiger partial charge < -0.3 is 19.9 Å². The smallest absolute Gasteiger partial charge is 0.330 e. The lowest BCUT2D eigenvalue weighted by Gasteiger charge is -2.32. The van der Waals surface area contributed by atoms with Crippen LogP contribution in [0.25, 0.3) is 0 Å². The predicted octanol–water partition coefficient (Wildman–Crippen LogP) is 0.237. The van der Waals surface area contributed by atoms with E-state index in [0.29, 0.717) is 45.8 Å². The molecule has 0 unspecified atom stereocenters. The van der Waals surface area contributed by atoms with Gasteiger partial charge in [-0.1, -0.05) is 6.08 Å². The monoisotopic (exact) mass is 243 g/mol. The topological polar surface area (TPSA) is 67.8 Å². The van der Waals surface area contributed by atoms with Gasteiger partial charge in [-0.15, -0.1) is 0 Å². The summed E-state index contributed by atoms with van der Waals surface area (Å²) in [6.45, 7) is 4.43. The van der Waals surface area contributed by atoms with Crippen LogP contribution in [0.3, 0.4) is 0 Å². The lowest BCUT2D eigenvalue weighted by Crippen LogP contribution is -2.45. The van der Waals surface area contributed by atoms with Crippen LogP contribution in [0, 0.1) is 0 Å². The third-order valence-electron chi connectivity index (χ3n) is 2.68. The maximum Gasteiger partial charge on any atom is 0.330 e.